The second-order valence-electron chi connectivity index (χ2n) is 6.35. The highest BCUT2D eigenvalue weighted by Gasteiger charge is 2.25. The van der Waals surface area contributed by atoms with Gasteiger partial charge in [-0.2, -0.15) is 0 Å². The first-order valence-electron chi connectivity index (χ1n) is 8.31. The number of para-hydroxylation sites is 2. The van der Waals surface area contributed by atoms with Crippen LogP contribution in [0.1, 0.15) is 5.56 Å². The van der Waals surface area contributed by atoms with Gasteiger partial charge in [-0.1, -0.05) is 30.3 Å². The predicted molar refractivity (Wildman–Crippen MR) is 94.6 cm³/mol. The van der Waals surface area contributed by atoms with Crippen molar-refractivity contribution in [3.8, 4) is 5.75 Å². The summed E-state index contributed by atoms with van der Waals surface area (Å²) < 4.78 is 7.66. The number of imidazole rings is 1. The van der Waals surface area contributed by atoms with Crippen LogP contribution in [0.25, 0.3) is 11.0 Å². The van der Waals surface area contributed by atoms with Crippen molar-refractivity contribution in [2.45, 2.75) is 19.0 Å². The Morgan fingerprint density at radius 3 is 2.88 bits per heavy atom. The Kier molecular flexibility index (Phi) is 3.86. The fourth-order valence-electron chi connectivity index (χ4n) is 3.47. The van der Waals surface area contributed by atoms with Gasteiger partial charge in [0.2, 0.25) is 0 Å². The van der Waals surface area contributed by atoms with Gasteiger partial charge < -0.3 is 9.72 Å². The molecule has 0 aliphatic carbocycles. The Labute approximate surface area is 140 Å². The van der Waals surface area contributed by atoms with Crippen molar-refractivity contribution in [2.24, 2.45) is 0 Å². The number of likely N-dealkylation sites (N-methyl/N-ethyl adjacent to an activating group) is 1. The van der Waals surface area contributed by atoms with E-state index in [0.717, 1.165) is 36.3 Å². The van der Waals surface area contributed by atoms with Gasteiger partial charge in [-0.05, 0) is 37.2 Å². The van der Waals surface area contributed by atoms with Crippen LogP contribution in [0.2, 0.25) is 0 Å². The van der Waals surface area contributed by atoms with Crippen molar-refractivity contribution in [3.05, 3.63) is 64.6 Å². The van der Waals surface area contributed by atoms with E-state index in [1.807, 2.05) is 47.0 Å². The molecule has 5 heteroatoms. The minimum atomic E-state index is -0.0175. The van der Waals surface area contributed by atoms with Crippen molar-refractivity contribution in [1.29, 1.82) is 0 Å². The van der Waals surface area contributed by atoms with E-state index >= 15 is 0 Å². The van der Waals surface area contributed by atoms with Gasteiger partial charge >= 0.3 is 5.69 Å². The van der Waals surface area contributed by atoms with Crippen LogP contribution in [0.15, 0.2) is 53.3 Å². The van der Waals surface area contributed by atoms with Crippen LogP contribution in [0.5, 0.6) is 5.75 Å². The van der Waals surface area contributed by atoms with E-state index < -0.39 is 0 Å². The number of rotatable bonds is 5. The van der Waals surface area contributed by atoms with E-state index in [2.05, 4.69) is 23.0 Å². The minimum absolute atomic E-state index is 0.0175. The summed E-state index contributed by atoms with van der Waals surface area (Å²) in [5.74, 6) is 0.892. The zero-order valence-electron chi connectivity index (χ0n) is 13.7. The maximum atomic E-state index is 12.2. The molecule has 0 unspecified atom stereocenters. The Morgan fingerprint density at radius 2 is 2.04 bits per heavy atom. The molecule has 5 nitrogen and oxygen atoms in total. The summed E-state index contributed by atoms with van der Waals surface area (Å²) in [5, 5.41) is 0. The third kappa shape index (κ3) is 2.71. The zero-order valence-corrected chi connectivity index (χ0v) is 13.7. The second kappa shape index (κ2) is 6.17. The first-order valence-corrected chi connectivity index (χ1v) is 8.31. The fraction of sp³-hybridized carbons (Fsp3) is 0.316. The van der Waals surface area contributed by atoms with Gasteiger partial charge in [-0.15, -0.1) is 0 Å². The molecule has 0 fully saturated rings. The smallest absolute Gasteiger partial charge is 0.326 e. The molecule has 0 spiro atoms. The quantitative estimate of drug-likeness (QED) is 0.783. The number of hydrogen-bond donors (Lipinski definition) is 1. The molecule has 1 aromatic heterocycles. The topological polar surface area (TPSA) is 50.3 Å². The zero-order chi connectivity index (χ0) is 16.5. The molecule has 1 aliphatic heterocycles. The van der Waals surface area contributed by atoms with E-state index in [9.17, 15) is 4.79 Å². The Bertz CT molecular complexity index is 898. The van der Waals surface area contributed by atoms with Crippen LogP contribution in [-0.2, 0) is 13.0 Å². The number of ether oxygens (including phenoxy) is 1. The Balaban J connectivity index is 1.44. The summed E-state index contributed by atoms with van der Waals surface area (Å²) in [6.45, 7) is 2.18. The van der Waals surface area contributed by atoms with Gasteiger partial charge in [0, 0.05) is 19.1 Å². The van der Waals surface area contributed by atoms with E-state index in [-0.39, 0.29) is 5.69 Å². The highest BCUT2D eigenvalue weighted by molar-refractivity contribution is 5.79. The lowest BCUT2D eigenvalue weighted by atomic mass is 9.99. The number of nitrogens with one attached hydrogen (secondary N) is 1. The molecule has 0 saturated carbocycles. The summed E-state index contributed by atoms with van der Waals surface area (Å²) in [4.78, 5) is 17.4. The van der Waals surface area contributed by atoms with E-state index in [0.29, 0.717) is 12.6 Å². The lowest BCUT2D eigenvalue weighted by molar-refractivity contribution is 0.173. The van der Waals surface area contributed by atoms with Gasteiger partial charge in [-0.25, -0.2) is 4.79 Å². The van der Waals surface area contributed by atoms with Gasteiger partial charge in [-0.3, -0.25) is 9.47 Å². The number of benzene rings is 2. The maximum Gasteiger partial charge on any atom is 0.326 e. The number of aromatic amines is 1. The minimum Gasteiger partial charge on any atom is -0.492 e. The van der Waals surface area contributed by atoms with Crippen molar-refractivity contribution >= 4 is 11.0 Å². The number of H-pyrrole nitrogens is 1. The van der Waals surface area contributed by atoms with Gasteiger partial charge in [0.1, 0.15) is 12.4 Å². The second-order valence-corrected chi connectivity index (χ2v) is 6.35. The number of nitrogens with zero attached hydrogens (tertiary/aromatic N) is 2. The van der Waals surface area contributed by atoms with E-state index in [1.165, 1.54) is 5.56 Å². The third-order valence-electron chi connectivity index (χ3n) is 4.80. The number of hydrogen-bond acceptors (Lipinski definition) is 3. The molecule has 1 N–H and O–H groups in total. The van der Waals surface area contributed by atoms with Crippen molar-refractivity contribution in [2.75, 3.05) is 20.2 Å². The number of aromatic nitrogens is 2. The standard InChI is InChI=1S/C19H21N3O2/c1-21(10-11-24-16-7-3-2-4-8-16)15-12-14-6-5-9-17-18(14)22(13-15)19(23)20-17/h2-9,15H,10-13H2,1H3,(H,20,23)/t15-/m1/s1. The molecular weight excluding hydrogens is 302 g/mol. The normalized spacial score (nSPS) is 16.7. The predicted octanol–water partition coefficient (Wildman–Crippen LogP) is 2.27. The van der Waals surface area contributed by atoms with E-state index in [4.69, 9.17) is 4.74 Å². The monoisotopic (exact) mass is 323 g/mol. The molecule has 0 saturated heterocycles. The van der Waals surface area contributed by atoms with Crippen molar-refractivity contribution < 1.29 is 4.74 Å². The summed E-state index contributed by atoms with van der Waals surface area (Å²) in [6, 6.07) is 16.3. The molecule has 3 aromatic rings. The molecule has 4 rings (SSSR count). The Hall–Kier alpha value is -2.53. The van der Waals surface area contributed by atoms with Gasteiger partial charge in [0.15, 0.2) is 0 Å². The van der Waals surface area contributed by atoms with Crippen LogP contribution >= 0.6 is 0 Å². The molecule has 124 valence electrons. The third-order valence-corrected chi connectivity index (χ3v) is 4.80. The van der Waals surface area contributed by atoms with Gasteiger partial charge in [0.25, 0.3) is 0 Å². The molecule has 24 heavy (non-hydrogen) atoms. The lowest BCUT2D eigenvalue weighted by Crippen LogP contribution is -2.43. The van der Waals surface area contributed by atoms with Crippen LogP contribution in [0, 0.1) is 0 Å². The summed E-state index contributed by atoms with van der Waals surface area (Å²) >= 11 is 0. The first-order chi connectivity index (χ1) is 11.7. The van der Waals surface area contributed by atoms with Crippen molar-refractivity contribution in [3.63, 3.8) is 0 Å². The molecule has 2 heterocycles. The summed E-state index contributed by atoms with van der Waals surface area (Å²) in [5.41, 5.74) is 3.22. The maximum absolute atomic E-state index is 12.2. The molecule has 0 bridgehead atoms. The van der Waals surface area contributed by atoms with Crippen LogP contribution in [0.4, 0.5) is 0 Å². The van der Waals surface area contributed by atoms with Crippen LogP contribution in [-0.4, -0.2) is 40.7 Å². The van der Waals surface area contributed by atoms with Crippen molar-refractivity contribution in [1.82, 2.24) is 14.5 Å². The molecular formula is C19H21N3O2. The van der Waals surface area contributed by atoms with Crippen LogP contribution in [0.3, 0.4) is 0 Å². The molecule has 1 atom stereocenters. The average molecular weight is 323 g/mol. The first kappa shape index (κ1) is 15.0. The molecule has 0 radical (unpaired) electrons. The Morgan fingerprint density at radius 1 is 1.21 bits per heavy atom. The average Bonchev–Trinajstić information content (AvgIpc) is 2.93. The SMILES string of the molecule is CN(CCOc1ccccc1)[C@@H]1Cc2cccc3[nH]c(=O)n(c23)C1. The summed E-state index contributed by atoms with van der Waals surface area (Å²) in [6.07, 6.45) is 0.955. The summed E-state index contributed by atoms with van der Waals surface area (Å²) in [7, 11) is 2.10. The lowest BCUT2D eigenvalue weighted by Gasteiger charge is -2.31. The highest BCUT2D eigenvalue weighted by Crippen LogP contribution is 2.24. The molecule has 2 aromatic carbocycles. The highest BCUT2D eigenvalue weighted by atomic mass is 16.5. The van der Waals surface area contributed by atoms with Crippen LogP contribution < -0.4 is 10.4 Å². The van der Waals surface area contributed by atoms with E-state index in [1.54, 1.807) is 0 Å². The fourth-order valence-corrected chi connectivity index (χ4v) is 3.47. The van der Waals surface area contributed by atoms with Gasteiger partial charge in [0.05, 0.1) is 11.0 Å². The molecule has 0 amide bonds. The molecule has 1 aliphatic rings. The largest absolute Gasteiger partial charge is 0.492 e.